The van der Waals surface area contributed by atoms with Crippen LogP contribution >= 0.6 is 0 Å². The highest BCUT2D eigenvalue weighted by molar-refractivity contribution is 6.23. The van der Waals surface area contributed by atoms with Crippen molar-refractivity contribution in [1.29, 1.82) is 5.26 Å². The second-order valence-corrected chi connectivity index (χ2v) is 8.71. The van der Waals surface area contributed by atoms with E-state index in [4.69, 9.17) is 10.3 Å². The van der Waals surface area contributed by atoms with Crippen LogP contribution in [0.3, 0.4) is 0 Å². The highest BCUT2D eigenvalue weighted by Crippen LogP contribution is 2.34. The van der Waals surface area contributed by atoms with Gasteiger partial charge in [0.15, 0.2) is 0 Å². The van der Waals surface area contributed by atoms with Crippen molar-refractivity contribution in [1.82, 2.24) is 4.90 Å². The number of rotatable bonds is 3. The summed E-state index contributed by atoms with van der Waals surface area (Å²) in [5.74, 6) is 0.0135. The molecule has 0 bridgehead atoms. The molecule has 2 aromatic rings. The Hall–Kier alpha value is -3.17. The number of carbonyl (C=O) groups excluding carboxylic acids is 1. The average Bonchev–Trinajstić information content (AvgIpc) is 2.79. The molecular weight excluding hydrogens is 386 g/mol. The molecule has 5 rings (SSSR count). The molecule has 158 valence electrons. The normalized spacial score (nSPS) is 20.9. The molecule has 31 heavy (non-hydrogen) atoms. The van der Waals surface area contributed by atoms with E-state index in [1.54, 1.807) is 0 Å². The molecule has 1 fully saturated rings. The Balaban J connectivity index is 1.28. The number of hydrogen-bond acceptors (Lipinski definition) is 5. The van der Waals surface area contributed by atoms with E-state index in [0.717, 1.165) is 69.1 Å². The van der Waals surface area contributed by atoms with Gasteiger partial charge in [0.1, 0.15) is 0 Å². The van der Waals surface area contributed by atoms with E-state index < -0.39 is 0 Å². The van der Waals surface area contributed by atoms with Gasteiger partial charge in [0.05, 0.1) is 28.9 Å². The van der Waals surface area contributed by atoms with Gasteiger partial charge in [-0.15, -0.1) is 0 Å². The van der Waals surface area contributed by atoms with E-state index in [2.05, 4.69) is 40.2 Å². The number of carbonyl (C=O) groups is 1. The average molecular weight is 414 g/mol. The number of fused-ring (bicyclic) bond motifs is 3. The standard InChI is InChI=1S/C25H27N5O/c1-17-13-19(14-22-23(17)24-21(25(31)28-22)3-2-8-27-24)16-29-9-11-30(12-10-29)20-6-4-18(15-26)5-7-20/h4-7,13-14,21H,2-3,8-12,16H2,1H3,(H,28,31). The molecule has 1 N–H and O–H groups in total. The number of aryl methyl sites for hydroxylation is 1. The Morgan fingerprint density at radius 2 is 1.94 bits per heavy atom. The number of nitrogens with zero attached hydrogens (tertiary/aromatic N) is 4. The van der Waals surface area contributed by atoms with Crippen LogP contribution in [0.15, 0.2) is 41.4 Å². The number of amides is 1. The third-order valence-corrected chi connectivity index (χ3v) is 6.63. The lowest BCUT2D eigenvalue weighted by Crippen LogP contribution is -2.46. The van der Waals surface area contributed by atoms with Crippen LogP contribution < -0.4 is 10.2 Å². The minimum absolute atomic E-state index is 0.0823. The van der Waals surface area contributed by atoms with Crippen molar-refractivity contribution < 1.29 is 4.79 Å². The van der Waals surface area contributed by atoms with E-state index in [-0.39, 0.29) is 11.8 Å². The largest absolute Gasteiger partial charge is 0.369 e. The minimum Gasteiger partial charge on any atom is -0.369 e. The van der Waals surface area contributed by atoms with Crippen LogP contribution in [-0.4, -0.2) is 49.2 Å². The van der Waals surface area contributed by atoms with Crippen LogP contribution in [0, 0.1) is 24.2 Å². The molecule has 3 heterocycles. The van der Waals surface area contributed by atoms with Crippen molar-refractivity contribution in [3.63, 3.8) is 0 Å². The second kappa shape index (κ2) is 8.16. The first-order valence-corrected chi connectivity index (χ1v) is 11.1. The highest BCUT2D eigenvalue weighted by Gasteiger charge is 2.34. The number of anilines is 2. The van der Waals surface area contributed by atoms with Gasteiger partial charge in [0.2, 0.25) is 5.91 Å². The van der Waals surface area contributed by atoms with Crippen LogP contribution in [0.4, 0.5) is 11.4 Å². The maximum Gasteiger partial charge on any atom is 0.233 e. The quantitative estimate of drug-likeness (QED) is 0.838. The van der Waals surface area contributed by atoms with Gasteiger partial charge >= 0.3 is 0 Å². The molecule has 0 saturated carbocycles. The van der Waals surface area contributed by atoms with E-state index in [9.17, 15) is 4.79 Å². The number of hydrogen-bond donors (Lipinski definition) is 1. The summed E-state index contributed by atoms with van der Waals surface area (Å²) >= 11 is 0. The van der Waals surface area contributed by atoms with Crippen molar-refractivity contribution >= 4 is 23.0 Å². The van der Waals surface area contributed by atoms with Gasteiger partial charge in [-0.1, -0.05) is 6.07 Å². The molecule has 3 aliphatic rings. The monoisotopic (exact) mass is 413 g/mol. The number of benzene rings is 2. The maximum atomic E-state index is 12.6. The third-order valence-electron chi connectivity index (χ3n) is 6.63. The Kier molecular flexibility index (Phi) is 5.21. The summed E-state index contributed by atoms with van der Waals surface area (Å²) < 4.78 is 0. The summed E-state index contributed by atoms with van der Waals surface area (Å²) in [6.07, 6.45) is 1.89. The second-order valence-electron chi connectivity index (χ2n) is 8.71. The SMILES string of the molecule is Cc1cc(CN2CCN(c3ccc(C#N)cc3)CC2)cc2c1C1=NCCCC1C(=O)N2. The molecule has 0 radical (unpaired) electrons. The maximum absolute atomic E-state index is 12.6. The van der Waals surface area contributed by atoms with Crippen molar-refractivity contribution in [3.05, 3.63) is 58.7 Å². The Morgan fingerprint density at radius 3 is 2.68 bits per heavy atom. The number of piperazine rings is 1. The molecule has 0 aliphatic carbocycles. The van der Waals surface area contributed by atoms with E-state index in [1.807, 2.05) is 24.3 Å². The zero-order chi connectivity index (χ0) is 21.4. The van der Waals surface area contributed by atoms with Gasteiger partial charge in [0.25, 0.3) is 0 Å². The van der Waals surface area contributed by atoms with E-state index in [1.165, 1.54) is 16.8 Å². The lowest BCUT2D eigenvalue weighted by Gasteiger charge is -2.36. The van der Waals surface area contributed by atoms with Gasteiger partial charge in [-0.25, -0.2) is 0 Å². The summed E-state index contributed by atoms with van der Waals surface area (Å²) in [4.78, 5) is 22.1. The zero-order valence-corrected chi connectivity index (χ0v) is 17.9. The van der Waals surface area contributed by atoms with Crippen LogP contribution in [-0.2, 0) is 11.3 Å². The van der Waals surface area contributed by atoms with Crippen LogP contribution in [0.2, 0.25) is 0 Å². The molecule has 3 aliphatic heterocycles. The van der Waals surface area contributed by atoms with Gasteiger partial charge in [0, 0.05) is 50.5 Å². The lowest BCUT2D eigenvalue weighted by atomic mass is 9.83. The molecule has 2 aromatic carbocycles. The van der Waals surface area contributed by atoms with E-state index in [0.29, 0.717) is 5.56 Å². The lowest BCUT2D eigenvalue weighted by molar-refractivity contribution is -0.118. The molecule has 1 amide bonds. The summed E-state index contributed by atoms with van der Waals surface area (Å²) in [7, 11) is 0. The van der Waals surface area contributed by atoms with Crippen molar-refractivity contribution in [3.8, 4) is 6.07 Å². The summed E-state index contributed by atoms with van der Waals surface area (Å²) in [6.45, 7) is 7.73. The summed E-state index contributed by atoms with van der Waals surface area (Å²) in [5, 5.41) is 12.1. The molecule has 0 spiro atoms. The Bertz CT molecular complexity index is 1070. The first-order valence-electron chi connectivity index (χ1n) is 11.1. The predicted molar refractivity (Wildman–Crippen MR) is 123 cm³/mol. The Labute approximate surface area is 183 Å². The number of nitriles is 1. The third kappa shape index (κ3) is 3.82. The molecule has 0 aromatic heterocycles. The topological polar surface area (TPSA) is 71.7 Å². The van der Waals surface area contributed by atoms with Crippen molar-refractivity contribution in [2.45, 2.75) is 26.3 Å². The van der Waals surface area contributed by atoms with Crippen molar-refractivity contribution in [2.24, 2.45) is 10.9 Å². The molecule has 1 atom stereocenters. The van der Waals surface area contributed by atoms with Crippen LogP contribution in [0.5, 0.6) is 0 Å². The molecule has 1 saturated heterocycles. The fraction of sp³-hybridized carbons (Fsp3) is 0.400. The fourth-order valence-electron chi connectivity index (χ4n) is 5.03. The van der Waals surface area contributed by atoms with Crippen molar-refractivity contribution in [2.75, 3.05) is 42.9 Å². The summed E-state index contributed by atoms with van der Waals surface area (Å²) in [5.41, 5.74) is 7.36. The highest BCUT2D eigenvalue weighted by atomic mass is 16.2. The zero-order valence-electron chi connectivity index (χ0n) is 17.9. The van der Waals surface area contributed by atoms with Gasteiger partial charge in [-0.2, -0.15) is 5.26 Å². The van der Waals surface area contributed by atoms with E-state index >= 15 is 0 Å². The summed E-state index contributed by atoms with van der Waals surface area (Å²) in [6, 6.07) is 14.4. The molecule has 1 unspecified atom stereocenters. The van der Waals surface area contributed by atoms with Gasteiger partial charge in [-0.3, -0.25) is 14.7 Å². The molecular formula is C25H27N5O. The fourth-order valence-corrected chi connectivity index (χ4v) is 5.03. The minimum atomic E-state index is -0.0823. The van der Waals surface area contributed by atoms with Gasteiger partial charge < -0.3 is 10.2 Å². The van der Waals surface area contributed by atoms with Gasteiger partial charge in [-0.05, 0) is 61.2 Å². The van der Waals surface area contributed by atoms with Crippen LogP contribution in [0.25, 0.3) is 0 Å². The molecule has 6 heteroatoms. The smallest absolute Gasteiger partial charge is 0.233 e. The Morgan fingerprint density at radius 1 is 1.16 bits per heavy atom. The van der Waals surface area contributed by atoms with Crippen LogP contribution in [0.1, 0.15) is 35.1 Å². The number of nitrogens with one attached hydrogen (secondary N) is 1. The first-order chi connectivity index (χ1) is 15.1. The molecule has 6 nitrogen and oxygen atoms in total. The number of aliphatic imine (C=N–C) groups is 1. The first kappa shape index (κ1) is 19.8. The predicted octanol–water partition coefficient (Wildman–Crippen LogP) is 3.34.